The van der Waals surface area contributed by atoms with E-state index in [9.17, 15) is 18.0 Å². The van der Waals surface area contributed by atoms with E-state index in [4.69, 9.17) is 0 Å². The molecule has 0 atom stereocenters. The number of rotatable bonds is 2. The van der Waals surface area contributed by atoms with Crippen LogP contribution < -0.4 is 0 Å². The molecule has 0 fully saturated rings. The van der Waals surface area contributed by atoms with Crippen LogP contribution in [0.15, 0.2) is 23.1 Å². The van der Waals surface area contributed by atoms with Gasteiger partial charge in [-0.15, -0.1) is 0 Å². The molecule has 0 amide bonds. The number of carbonyl (C=O) groups excluding carboxylic acids is 2. The van der Waals surface area contributed by atoms with Gasteiger partial charge in [-0.05, 0) is 12.1 Å². The lowest BCUT2D eigenvalue weighted by Crippen LogP contribution is -2.08. The second kappa shape index (κ2) is 3.77. The first kappa shape index (κ1) is 12.0. The van der Waals surface area contributed by atoms with Gasteiger partial charge in [0.05, 0.1) is 4.90 Å². The zero-order valence-corrected chi connectivity index (χ0v) is 10.4. The van der Waals surface area contributed by atoms with Crippen LogP contribution in [0.3, 0.4) is 0 Å². The highest BCUT2D eigenvalue weighted by Crippen LogP contribution is 2.27. The molecule has 2 rings (SSSR count). The molecule has 0 aliphatic carbocycles. The van der Waals surface area contributed by atoms with E-state index in [1.54, 1.807) is 13.8 Å². The highest BCUT2D eigenvalue weighted by molar-refractivity contribution is 7.92. The molecule has 4 nitrogen and oxygen atoms in total. The number of fused-ring (bicyclic) bond motifs is 1. The molecule has 5 heteroatoms. The third-order valence-electron chi connectivity index (χ3n) is 2.75. The Morgan fingerprint density at radius 3 is 2.53 bits per heavy atom. The summed E-state index contributed by atoms with van der Waals surface area (Å²) < 4.78 is 23.4. The smallest absolute Gasteiger partial charge is 0.186 e. The minimum Gasteiger partial charge on any atom is -0.294 e. The Kier molecular flexibility index (Phi) is 2.66. The summed E-state index contributed by atoms with van der Waals surface area (Å²) >= 11 is 0. The third kappa shape index (κ3) is 1.91. The Hall–Kier alpha value is -1.49. The van der Waals surface area contributed by atoms with Crippen molar-refractivity contribution in [2.24, 2.45) is 5.92 Å². The quantitative estimate of drug-likeness (QED) is 0.748. The highest BCUT2D eigenvalue weighted by atomic mass is 32.2. The first-order valence-corrected chi connectivity index (χ1v) is 6.92. The van der Waals surface area contributed by atoms with Gasteiger partial charge in [-0.3, -0.25) is 9.59 Å². The normalized spacial score (nSPS) is 17.2. The minimum absolute atomic E-state index is 0.00556. The zero-order valence-electron chi connectivity index (χ0n) is 9.56. The molecule has 17 heavy (non-hydrogen) atoms. The van der Waals surface area contributed by atoms with Gasteiger partial charge in [0.2, 0.25) is 0 Å². The van der Waals surface area contributed by atoms with E-state index in [2.05, 4.69) is 0 Å². The molecule has 0 aromatic heterocycles. The number of Topliss-reactive ketones (excluding diaryl/α,β-unsaturated/α-hetero) is 2. The number of hydrogen-bond acceptors (Lipinski definition) is 4. The monoisotopic (exact) mass is 252 g/mol. The molecule has 0 saturated heterocycles. The summed E-state index contributed by atoms with van der Waals surface area (Å²) in [5.74, 6) is -1.21. The van der Waals surface area contributed by atoms with Gasteiger partial charge in [-0.2, -0.15) is 0 Å². The molecule has 0 saturated carbocycles. The van der Waals surface area contributed by atoms with Crippen molar-refractivity contribution in [1.29, 1.82) is 0 Å². The van der Waals surface area contributed by atoms with Crippen LogP contribution in [0, 0.1) is 5.92 Å². The predicted molar refractivity (Wildman–Crippen MR) is 62.0 cm³/mol. The standard InChI is InChI=1S/C12H12O4S/c1-7(2)12(14)8-3-4-9-10(13)6-17(15,16)11(9)5-8/h3-5,7H,6H2,1-2H3. The number of hydrogen-bond donors (Lipinski definition) is 0. The first-order chi connectivity index (χ1) is 7.83. The van der Waals surface area contributed by atoms with Gasteiger partial charge in [0.25, 0.3) is 0 Å². The van der Waals surface area contributed by atoms with Gasteiger partial charge in [0.1, 0.15) is 5.75 Å². The number of sulfone groups is 1. The summed E-state index contributed by atoms with van der Waals surface area (Å²) in [5, 5.41) is 0. The maximum absolute atomic E-state index is 11.8. The lowest BCUT2D eigenvalue weighted by molar-refractivity contribution is 0.0937. The largest absolute Gasteiger partial charge is 0.294 e. The molecule has 1 aliphatic heterocycles. The van der Waals surface area contributed by atoms with Gasteiger partial charge >= 0.3 is 0 Å². The van der Waals surface area contributed by atoms with Crippen LogP contribution in [0.2, 0.25) is 0 Å². The van der Waals surface area contributed by atoms with E-state index in [1.165, 1.54) is 18.2 Å². The average Bonchev–Trinajstić information content (AvgIpc) is 2.48. The predicted octanol–water partition coefficient (Wildman–Crippen LogP) is 1.50. The van der Waals surface area contributed by atoms with E-state index >= 15 is 0 Å². The Morgan fingerprint density at radius 1 is 1.29 bits per heavy atom. The van der Waals surface area contributed by atoms with Crippen molar-refractivity contribution in [3.8, 4) is 0 Å². The molecular formula is C12H12O4S. The Labute approximate surface area is 99.6 Å². The van der Waals surface area contributed by atoms with Crippen LogP contribution in [-0.2, 0) is 9.84 Å². The first-order valence-electron chi connectivity index (χ1n) is 5.27. The van der Waals surface area contributed by atoms with E-state index in [1.807, 2.05) is 0 Å². The van der Waals surface area contributed by atoms with E-state index in [-0.39, 0.29) is 22.2 Å². The van der Waals surface area contributed by atoms with Crippen molar-refractivity contribution in [2.45, 2.75) is 18.7 Å². The molecule has 0 spiro atoms. The second-order valence-electron chi connectivity index (χ2n) is 4.41. The van der Waals surface area contributed by atoms with Gasteiger partial charge < -0.3 is 0 Å². The van der Waals surface area contributed by atoms with E-state index in [0.29, 0.717) is 5.56 Å². The number of ketones is 2. The Morgan fingerprint density at radius 2 is 1.94 bits per heavy atom. The second-order valence-corrected chi connectivity index (χ2v) is 6.37. The number of carbonyl (C=O) groups is 2. The highest BCUT2D eigenvalue weighted by Gasteiger charge is 2.33. The summed E-state index contributed by atoms with van der Waals surface area (Å²) in [5.41, 5.74) is 0.544. The van der Waals surface area contributed by atoms with Gasteiger partial charge in [0.15, 0.2) is 21.4 Å². The van der Waals surface area contributed by atoms with Gasteiger partial charge in [-0.1, -0.05) is 19.9 Å². The van der Waals surface area contributed by atoms with Crippen LogP contribution in [0.5, 0.6) is 0 Å². The van der Waals surface area contributed by atoms with Crippen LogP contribution in [0.25, 0.3) is 0 Å². The molecule has 90 valence electrons. The van der Waals surface area contributed by atoms with E-state index in [0.717, 1.165) is 0 Å². The summed E-state index contributed by atoms with van der Waals surface area (Å²) in [6.45, 7) is 3.49. The lowest BCUT2D eigenvalue weighted by atomic mass is 9.99. The molecule has 1 aromatic rings. The third-order valence-corrected chi connectivity index (χ3v) is 4.40. The Bertz CT molecular complexity index is 611. The average molecular weight is 252 g/mol. The Balaban J connectivity index is 2.60. The summed E-state index contributed by atoms with van der Waals surface area (Å²) in [7, 11) is -3.54. The van der Waals surface area contributed by atoms with E-state index < -0.39 is 21.4 Å². The summed E-state index contributed by atoms with van der Waals surface area (Å²) in [4.78, 5) is 23.2. The maximum atomic E-state index is 11.8. The van der Waals surface area contributed by atoms with Crippen molar-refractivity contribution in [3.05, 3.63) is 29.3 Å². The summed E-state index contributed by atoms with van der Waals surface area (Å²) in [6, 6.07) is 4.26. The van der Waals surface area contributed by atoms with Crippen LogP contribution in [0.4, 0.5) is 0 Å². The molecule has 0 unspecified atom stereocenters. The van der Waals surface area contributed by atoms with Crippen LogP contribution >= 0.6 is 0 Å². The van der Waals surface area contributed by atoms with Crippen molar-refractivity contribution < 1.29 is 18.0 Å². The molecule has 0 radical (unpaired) electrons. The molecular weight excluding hydrogens is 240 g/mol. The number of benzene rings is 1. The van der Waals surface area contributed by atoms with Gasteiger partial charge in [-0.25, -0.2) is 8.42 Å². The molecule has 1 aromatic carbocycles. The zero-order chi connectivity index (χ0) is 12.8. The fourth-order valence-electron chi connectivity index (χ4n) is 1.82. The van der Waals surface area contributed by atoms with Crippen molar-refractivity contribution in [3.63, 3.8) is 0 Å². The SMILES string of the molecule is CC(C)C(=O)c1ccc2c(c1)S(=O)(=O)CC2=O. The molecule has 1 aliphatic rings. The van der Waals surface area contributed by atoms with Gasteiger partial charge in [0, 0.05) is 17.0 Å². The van der Waals surface area contributed by atoms with Crippen molar-refractivity contribution in [2.75, 3.05) is 5.75 Å². The molecule has 0 bridgehead atoms. The molecule has 1 heterocycles. The lowest BCUT2D eigenvalue weighted by Gasteiger charge is -2.05. The van der Waals surface area contributed by atoms with Crippen molar-refractivity contribution in [1.82, 2.24) is 0 Å². The molecule has 0 N–H and O–H groups in total. The fraction of sp³-hybridized carbons (Fsp3) is 0.333. The minimum atomic E-state index is -3.54. The maximum Gasteiger partial charge on any atom is 0.186 e. The van der Waals surface area contributed by atoms with Crippen molar-refractivity contribution >= 4 is 21.4 Å². The summed E-state index contributed by atoms with van der Waals surface area (Å²) in [6.07, 6.45) is 0. The van der Waals surface area contributed by atoms with Crippen LogP contribution in [0.1, 0.15) is 34.6 Å². The topological polar surface area (TPSA) is 68.3 Å². The fourth-order valence-corrected chi connectivity index (χ4v) is 3.30. The van der Waals surface area contributed by atoms with Crippen LogP contribution in [-0.4, -0.2) is 25.7 Å².